The zero-order valence-corrected chi connectivity index (χ0v) is 15.3. The van der Waals surface area contributed by atoms with Crippen LogP contribution in [0.25, 0.3) is 0 Å². The van der Waals surface area contributed by atoms with Gasteiger partial charge in [-0.2, -0.15) is 13.2 Å². The van der Waals surface area contributed by atoms with Crippen LogP contribution < -0.4 is 10.6 Å². The molecule has 0 atom stereocenters. The number of halogens is 4. The number of rotatable bonds is 5. The lowest BCUT2D eigenvalue weighted by atomic mass is 10.2. The first-order valence-electron chi connectivity index (χ1n) is 7.49. The van der Waals surface area contributed by atoms with Gasteiger partial charge < -0.3 is 15.2 Å². The Hall–Kier alpha value is -1.07. The van der Waals surface area contributed by atoms with Gasteiger partial charge in [0.1, 0.15) is 12.4 Å². The molecule has 0 saturated heterocycles. The van der Waals surface area contributed by atoms with Gasteiger partial charge in [-0.15, -0.1) is 34.2 Å². The lowest BCUT2D eigenvalue weighted by molar-refractivity contribution is -0.132. The van der Waals surface area contributed by atoms with Crippen LogP contribution in [-0.2, 0) is 19.5 Å². The molecular weight excluding hydrogens is 424 g/mol. The van der Waals surface area contributed by atoms with Gasteiger partial charge in [-0.05, 0) is 19.8 Å². The molecule has 10 heteroatoms. The molecule has 0 saturated carbocycles. The molecule has 0 radical (unpaired) electrons. The molecule has 2 rings (SSSR count). The van der Waals surface area contributed by atoms with Gasteiger partial charge in [0.15, 0.2) is 11.8 Å². The standard InChI is InChI=1S/C13H21F3N6.HI/c1-2-17-12(18-7-6-13(14,15)16)19-9-11-21-20-10-5-3-4-8-22(10)11;/h2-9H2,1H3,(H2,17,18,19);1H. The first-order chi connectivity index (χ1) is 10.5. The molecule has 132 valence electrons. The van der Waals surface area contributed by atoms with Crippen LogP contribution in [0.15, 0.2) is 4.99 Å². The molecule has 0 aromatic carbocycles. The summed E-state index contributed by atoms with van der Waals surface area (Å²) in [5.41, 5.74) is 0. The maximum atomic E-state index is 12.2. The van der Waals surface area contributed by atoms with Crippen molar-refractivity contribution in [1.29, 1.82) is 0 Å². The van der Waals surface area contributed by atoms with E-state index in [1.54, 1.807) is 0 Å². The maximum Gasteiger partial charge on any atom is 0.390 e. The summed E-state index contributed by atoms with van der Waals surface area (Å²) in [4.78, 5) is 4.29. The van der Waals surface area contributed by atoms with E-state index in [2.05, 4.69) is 25.8 Å². The van der Waals surface area contributed by atoms with Gasteiger partial charge in [-0.25, -0.2) is 4.99 Å². The number of hydrogen-bond donors (Lipinski definition) is 2. The maximum absolute atomic E-state index is 12.2. The summed E-state index contributed by atoms with van der Waals surface area (Å²) in [6, 6.07) is 0. The highest BCUT2D eigenvalue weighted by Gasteiger charge is 2.26. The van der Waals surface area contributed by atoms with Crippen LogP contribution in [0, 0.1) is 0 Å². The van der Waals surface area contributed by atoms with Crippen molar-refractivity contribution >= 4 is 29.9 Å². The number of aliphatic imine (C=N–C) groups is 1. The summed E-state index contributed by atoms with van der Waals surface area (Å²) in [6.07, 6.45) is -1.94. The van der Waals surface area contributed by atoms with Crippen molar-refractivity contribution in [2.45, 2.75) is 51.9 Å². The number of aromatic nitrogens is 3. The number of nitrogens with one attached hydrogen (secondary N) is 2. The van der Waals surface area contributed by atoms with Crippen LogP contribution in [0.4, 0.5) is 13.2 Å². The van der Waals surface area contributed by atoms with Crippen molar-refractivity contribution in [3.63, 3.8) is 0 Å². The smallest absolute Gasteiger partial charge is 0.357 e. The van der Waals surface area contributed by atoms with E-state index in [0.29, 0.717) is 19.0 Å². The fourth-order valence-corrected chi connectivity index (χ4v) is 2.30. The Morgan fingerprint density at radius 3 is 2.74 bits per heavy atom. The first-order valence-corrected chi connectivity index (χ1v) is 7.49. The van der Waals surface area contributed by atoms with Crippen LogP contribution >= 0.6 is 24.0 Å². The van der Waals surface area contributed by atoms with Gasteiger partial charge in [-0.3, -0.25) is 0 Å². The molecule has 1 aliphatic rings. The van der Waals surface area contributed by atoms with Crippen molar-refractivity contribution in [3.8, 4) is 0 Å². The third-order valence-corrected chi connectivity index (χ3v) is 3.36. The van der Waals surface area contributed by atoms with E-state index < -0.39 is 12.6 Å². The molecule has 0 amide bonds. The topological polar surface area (TPSA) is 67.1 Å². The molecular formula is C13H22F3IN6. The zero-order valence-electron chi connectivity index (χ0n) is 13.0. The van der Waals surface area contributed by atoms with Crippen molar-refractivity contribution in [3.05, 3.63) is 11.6 Å². The number of alkyl halides is 3. The van der Waals surface area contributed by atoms with E-state index in [1.165, 1.54) is 0 Å². The van der Waals surface area contributed by atoms with Gasteiger partial charge >= 0.3 is 6.18 Å². The quantitative estimate of drug-likeness (QED) is 0.414. The van der Waals surface area contributed by atoms with E-state index in [9.17, 15) is 13.2 Å². The van der Waals surface area contributed by atoms with Crippen molar-refractivity contribution in [2.75, 3.05) is 13.1 Å². The Morgan fingerprint density at radius 2 is 2.04 bits per heavy atom. The monoisotopic (exact) mass is 446 g/mol. The second-order valence-corrected chi connectivity index (χ2v) is 5.13. The lowest BCUT2D eigenvalue weighted by Gasteiger charge is -2.15. The van der Waals surface area contributed by atoms with Crippen LogP contribution in [0.1, 0.15) is 37.8 Å². The highest BCUT2D eigenvalue weighted by atomic mass is 127. The third-order valence-electron chi connectivity index (χ3n) is 3.36. The van der Waals surface area contributed by atoms with Crippen molar-refractivity contribution in [1.82, 2.24) is 25.4 Å². The predicted molar refractivity (Wildman–Crippen MR) is 91.9 cm³/mol. The van der Waals surface area contributed by atoms with Gasteiger partial charge in [-0.1, -0.05) is 0 Å². The molecule has 23 heavy (non-hydrogen) atoms. The van der Waals surface area contributed by atoms with Gasteiger partial charge in [0, 0.05) is 26.1 Å². The number of guanidine groups is 1. The molecule has 0 unspecified atom stereocenters. The highest BCUT2D eigenvalue weighted by Crippen LogP contribution is 2.18. The lowest BCUT2D eigenvalue weighted by Crippen LogP contribution is -2.39. The van der Waals surface area contributed by atoms with E-state index in [0.717, 1.165) is 37.5 Å². The first kappa shape index (κ1) is 20.0. The van der Waals surface area contributed by atoms with Crippen LogP contribution in [0.5, 0.6) is 0 Å². The molecule has 2 N–H and O–H groups in total. The molecule has 1 aromatic heterocycles. The Bertz CT molecular complexity index is 514. The minimum Gasteiger partial charge on any atom is -0.357 e. The average molecular weight is 446 g/mol. The number of hydrogen-bond acceptors (Lipinski definition) is 3. The van der Waals surface area contributed by atoms with Crippen LogP contribution in [-0.4, -0.2) is 40.0 Å². The summed E-state index contributed by atoms with van der Waals surface area (Å²) in [5, 5.41) is 13.9. The summed E-state index contributed by atoms with van der Waals surface area (Å²) in [5.74, 6) is 2.08. The van der Waals surface area contributed by atoms with E-state index >= 15 is 0 Å². The fraction of sp³-hybridized carbons (Fsp3) is 0.769. The molecule has 0 fully saturated rings. The Kier molecular flexibility index (Phi) is 8.06. The minimum absolute atomic E-state index is 0. The molecule has 6 nitrogen and oxygen atoms in total. The van der Waals surface area contributed by atoms with Gasteiger partial charge in [0.25, 0.3) is 0 Å². The second kappa shape index (κ2) is 9.28. The Balaban J connectivity index is 0.00000264. The molecule has 1 aromatic rings. The third kappa shape index (κ3) is 6.51. The molecule has 0 aliphatic carbocycles. The largest absolute Gasteiger partial charge is 0.390 e. The number of aryl methyl sites for hydroxylation is 1. The van der Waals surface area contributed by atoms with Gasteiger partial charge in [0.05, 0.1) is 6.42 Å². The van der Waals surface area contributed by atoms with E-state index in [1.807, 2.05) is 11.5 Å². The molecule has 1 aliphatic heterocycles. The molecule has 0 bridgehead atoms. The average Bonchev–Trinajstić information content (AvgIpc) is 2.87. The normalized spacial score (nSPS) is 14.9. The van der Waals surface area contributed by atoms with Crippen molar-refractivity contribution in [2.24, 2.45) is 4.99 Å². The fourth-order valence-electron chi connectivity index (χ4n) is 2.30. The highest BCUT2D eigenvalue weighted by molar-refractivity contribution is 14.0. The number of nitrogens with zero attached hydrogens (tertiary/aromatic N) is 4. The number of fused-ring (bicyclic) bond motifs is 1. The summed E-state index contributed by atoms with van der Waals surface area (Å²) in [7, 11) is 0. The SMILES string of the molecule is CCNC(=NCc1nnc2n1CCCC2)NCCC(F)(F)F.I. The Labute approximate surface area is 150 Å². The summed E-state index contributed by atoms with van der Waals surface area (Å²) in [6.45, 7) is 3.42. The zero-order chi connectivity index (χ0) is 16.0. The molecule has 0 spiro atoms. The van der Waals surface area contributed by atoms with E-state index in [-0.39, 0.29) is 30.5 Å². The van der Waals surface area contributed by atoms with Crippen LogP contribution in [0.3, 0.4) is 0 Å². The van der Waals surface area contributed by atoms with Gasteiger partial charge in [0.2, 0.25) is 0 Å². The van der Waals surface area contributed by atoms with Crippen LogP contribution in [0.2, 0.25) is 0 Å². The predicted octanol–water partition coefficient (Wildman–Crippen LogP) is 2.24. The minimum atomic E-state index is -4.17. The summed E-state index contributed by atoms with van der Waals surface area (Å²) < 4.78 is 38.6. The summed E-state index contributed by atoms with van der Waals surface area (Å²) >= 11 is 0. The second-order valence-electron chi connectivity index (χ2n) is 5.13. The van der Waals surface area contributed by atoms with E-state index in [4.69, 9.17) is 0 Å². The molecule has 2 heterocycles. The Morgan fingerprint density at radius 1 is 1.26 bits per heavy atom. The van der Waals surface area contributed by atoms with Crippen molar-refractivity contribution < 1.29 is 13.2 Å².